The SMILES string of the molecule is C[Si](C)(Oc1ccc(O[Si](C)(C)c2ccccc2)c2c1C(=O)c1ccccc1C2=O)c1ccccc1. The van der Waals surface area contributed by atoms with E-state index in [1.54, 1.807) is 36.4 Å². The maximum absolute atomic E-state index is 13.8. The molecule has 0 saturated heterocycles. The van der Waals surface area contributed by atoms with E-state index in [0.29, 0.717) is 33.8 Å². The van der Waals surface area contributed by atoms with E-state index < -0.39 is 16.6 Å². The molecule has 1 aliphatic rings. The molecule has 0 spiro atoms. The van der Waals surface area contributed by atoms with Crippen molar-refractivity contribution in [3.8, 4) is 11.5 Å². The molecule has 0 heterocycles. The third kappa shape index (κ3) is 4.23. The monoisotopic (exact) mass is 508 g/mol. The molecule has 6 heteroatoms. The Hall–Kier alpha value is -3.75. The van der Waals surface area contributed by atoms with Crippen molar-refractivity contribution in [1.82, 2.24) is 0 Å². The van der Waals surface area contributed by atoms with Gasteiger partial charge in [-0.15, -0.1) is 0 Å². The van der Waals surface area contributed by atoms with E-state index in [0.717, 1.165) is 10.4 Å². The van der Waals surface area contributed by atoms with Crippen molar-refractivity contribution in [3.63, 3.8) is 0 Å². The summed E-state index contributed by atoms with van der Waals surface area (Å²) in [6.07, 6.45) is 0. The van der Waals surface area contributed by atoms with Crippen molar-refractivity contribution in [1.29, 1.82) is 0 Å². The summed E-state index contributed by atoms with van der Waals surface area (Å²) in [5.41, 5.74) is 1.39. The lowest BCUT2D eigenvalue weighted by atomic mass is 9.83. The van der Waals surface area contributed by atoms with Gasteiger partial charge in [0, 0.05) is 11.1 Å². The highest BCUT2D eigenvalue weighted by atomic mass is 28.4. The first-order chi connectivity index (χ1) is 17.2. The van der Waals surface area contributed by atoms with Crippen LogP contribution in [0.3, 0.4) is 0 Å². The average molecular weight is 509 g/mol. The summed E-state index contributed by atoms with van der Waals surface area (Å²) in [5.74, 6) is 0.449. The zero-order valence-corrected chi connectivity index (χ0v) is 22.9. The second-order valence-corrected chi connectivity index (χ2v) is 17.6. The molecule has 0 amide bonds. The molecule has 0 N–H and O–H groups in total. The topological polar surface area (TPSA) is 52.6 Å². The average Bonchev–Trinajstić information content (AvgIpc) is 2.89. The molecular weight excluding hydrogens is 480 g/mol. The van der Waals surface area contributed by atoms with Crippen LogP contribution in [0, 0.1) is 0 Å². The van der Waals surface area contributed by atoms with Gasteiger partial charge in [0.2, 0.25) is 0 Å². The van der Waals surface area contributed by atoms with Crippen LogP contribution in [0.1, 0.15) is 31.8 Å². The molecule has 0 saturated carbocycles. The minimum Gasteiger partial charge on any atom is -0.539 e. The Kier molecular flexibility index (Phi) is 6.02. The first-order valence-electron chi connectivity index (χ1n) is 12.0. The third-order valence-corrected chi connectivity index (χ3v) is 11.6. The zero-order chi connectivity index (χ0) is 25.5. The van der Waals surface area contributed by atoms with Crippen LogP contribution in [0.5, 0.6) is 11.5 Å². The second kappa shape index (κ2) is 9.04. The smallest absolute Gasteiger partial charge is 0.276 e. The Bertz CT molecular complexity index is 1350. The van der Waals surface area contributed by atoms with Gasteiger partial charge in [-0.25, -0.2) is 0 Å². The van der Waals surface area contributed by atoms with Crippen molar-refractivity contribution < 1.29 is 18.4 Å². The van der Waals surface area contributed by atoms with E-state index in [4.69, 9.17) is 8.85 Å². The molecule has 0 aliphatic heterocycles. The minimum atomic E-state index is -2.44. The number of fused-ring (bicyclic) bond motifs is 2. The van der Waals surface area contributed by atoms with Gasteiger partial charge in [-0.2, -0.15) is 0 Å². The zero-order valence-electron chi connectivity index (χ0n) is 20.9. The highest BCUT2D eigenvalue weighted by molar-refractivity contribution is 6.85. The normalized spacial score (nSPS) is 13.1. The molecular formula is C30H28O4Si2. The lowest BCUT2D eigenvalue weighted by Gasteiger charge is -2.31. The van der Waals surface area contributed by atoms with Crippen molar-refractivity contribution >= 4 is 38.6 Å². The van der Waals surface area contributed by atoms with Crippen LogP contribution in [0.2, 0.25) is 26.2 Å². The largest absolute Gasteiger partial charge is 0.539 e. The van der Waals surface area contributed by atoms with Crippen LogP contribution in [-0.2, 0) is 0 Å². The minimum absolute atomic E-state index is 0.210. The predicted molar refractivity (Wildman–Crippen MR) is 148 cm³/mol. The maximum Gasteiger partial charge on any atom is 0.276 e. The van der Waals surface area contributed by atoms with Crippen molar-refractivity contribution in [2.24, 2.45) is 0 Å². The van der Waals surface area contributed by atoms with Gasteiger partial charge >= 0.3 is 0 Å². The fourth-order valence-electron chi connectivity index (χ4n) is 4.68. The lowest BCUT2D eigenvalue weighted by molar-refractivity contribution is 0.0976. The van der Waals surface area contributed by atoms with Crippen molar-refractivity contribution in [2.45, 2.75) is 26.2 Å². The quantitative estimate of drug-likeness (QED) is 0.287. The summed E-state index contributed by atoms with van der Waals surface area (Å²) in [5, 5.41) is 2.21. The maximum atomic E-state index is 13.8. The van der Waals surface area contributed by atoms with Crippen molar-refractivity contribution in [2.75, 3.05) is 0 Å². The Labute approximate surface area is 213 Å². The number of benzene rings is 4. The summed E-state index contributed by atoms with van der Waals surface area (Å²) < 4.78 is 13.2. The molecule has 0 radical (unpaired) electrons. The van der Waals surface area contributed by atoms with E-state index in [1.165, 1.54) is 0 Å². The summed E-state index contributed by atoms with van der Waals surface area (Å²) in [4.78, 5) is 27.6. The first kappa shape index (κ1) is 24.0. The Morgan fingerprint density at radius 1 is 0.472 bits per heavy atom. The number of hydrogen-bond acceptors (Lipinski definition) is 4. The Morgan fingerprint density at radius 3 is 1.17 bits per heavy atom. The predicted octanol–water partition coefficient (Wildman–Crippen LogP) is 5.44. The van der Waals surface area contributed by atoms with Crippen LogP contribution in [-0.4, -0.2) is 28.2 Å². The molecule has 4 aromatic rings. The van der Waals surface area contributed by atoms with E-state index >= 15 is 0 Å². The van der Waals surface area contributed by atoms with E-state index in [-0.39, 0.29) is 11.6 Å². The number of carbonyl (C=O) groups excluding carboxylic acids is 2. The molecule has 5 rings (SSSR count). The van der Waals surface area contributed by atoms with E-state index in [2.05, 4.69) is 26.2 Å². The summed E-state index contributed by atoms with van der Waals surface area (Å²) in [6.45, 7) is 8.36. The molecule has 0 unspecified atom stereocenters. The highest BCUT2D eigenvalue weighted by Gasteiger charge is 2.39. The lowest BCUT2D eigenvalue weighted by Crippen LogP contribution is -2.48. The number of rotatable bonds is 6. The van der Waals surface area contributed by atoms with Gasteiger partial charge in [0.05, 0.1) is 11.1 Å². The fraction of sp³-hybridized carbons (Fsp3) is 0.133. The number of ketones is 2. The fourth-order valence-corrected chi connectivity index (χ4v) is 8.35. The number of carbonyl (C=O) groups is 2. The standard InChI is InChI=1S/C30H28O4Si2/c1-35(2,21-13-7-5-8-14-21)33-25-19-20-26(34-36(3,4)22-15-9-6-10-16-22)28-27(25)29(31)23-17-11-12-18-24(23)30(28)32/h5-20H,1-4H3. The van der Waals surface area contributed by atoms with Crippen LogP contribution in [0.25, 0.3) is 0 Å². The molecule has 1 aliphatic carbocycles. The van der Waals surface area contributed by atoms with Gasteiger partial charge < -0.3 is 8.85 Å². The van der Waals surface area contributed by atoms with Gasteiger partial charge in [0.25, 0.3) is 16.6 Å². The van der Waals surface area contributed by atoms with Gasteiger partial charge in [-0.1, -0.05) is 84.9 Å². The molecule has 36 heavy (non-hydrogen) atoms. The van der Waals surface area contributed by atoms with Crippen LogP contribution in [0.4, 0.5) is 0 Å². The molecule has 0 aromatic heterocycles. The number of hydrogen-bond donors (Lipinski definition) is 0. The van der Waals surface area contributed by atoms with Crippen LogP contribution >= 0.6 is 0 Å². The summed E-state index contributed by atoms with van der Waals surface area (Å²) in [7, 11) is -4.87. The van der Waals surface area contributed by atoms with Gasteiger partial charge in [-0.05, 0) is 48.7 Å². The molecule has 180 valence electrons. The van der Waals surface area contributed by atoms with Crippen molar-refractivity contribution in [3.05, 3.63) is 119 Å². The first-order valence-corrected chi connectivity index (χ1v) is 17.9. The van der Waals surface area contributed by atoms with Crippen LogP contribution in [0.15, 0.2) is 97.1 Å². The van der Waals surface area contributed by atoms with Crippen LogP contribution < -0.4 is 19.2 Å². The van der Waals surface area contributed by atoms with Gasteiger partial charge in [0.15, 0.2) is 11.6 Å². The van der Waals surface area contributed by atoms with E-state index in [1.807, 2.05) is 60.7 Å². The van der Waals surface area contributed by atoms with E-state index in [9.17, 15) is 9.59 Å². The Balaban J connectivity index is 1.65. The van der Waals surface area contributed by atoms with Gasteiger partial charge in [0.1, 0.15) is 11.5 Å². The second-order valence-electron chi connectivity index (χ2n) is 9.97. The third-order valence-electron chi connectivity index (χ3n) is 6.67. The van der Waals surface area contributed by atoms with Gasteiger partial charge in [-0.3, -0.25) is 9.59 Å². The summed E-state index contributed by atoms with van der Waals surface area (Å²) in [6, 6.07) is 30.6. The molecule has 0 fully saturated rings. The molecule has 0 atom stereocenters. The molecule has 4 aromatic carbocycles. The highest BCUT2D eigenvalue weighted by Crippen LogP contribution is 2.40. The molecule has 4 nitrogen and oxygen atoms in total. The molecule has 0 bridgehead atoms. The Morgan fingerprint density at radius 2 is 0.806 bits per heavy atom. The summed E-state index contributed by atoms with van der Waals surface area (Å²) >= 11 is 0.